The van der Waals surface area contributed by atoms with Crippen LogP contribution in [0.3, 0.4) is 0 Å². The Morgan fingerprint density at radius 1 is 1.59 bits per heavy atom. The van der Waals surface area contributed by atoms with Crippen LogP contribution in [0.1, 0.15) is 29.0 Å². The van der Waals surface area contributed by atoms with Gasteiger partial charge in [-0.25, -0.2) is 0 Å². The lowest BCUT2D eigenvalue weighted by Gasteiger charge is -2.07. The predicted molar refractivity (Wildman–Crippen MR) is 58.0 cm³/mol. The standard InChI is InChI=1S/C12H12N2O3/c1-7-9(4-5-17-7)11(15)10(6-13)12(16)14-8-2-3-8/h4-5,8,10H,2-3H2,1H3,(H,14,16)/t10-/m0/s1. The van der Waals surface area contributed by atoms with Gasteiger partial charge in [-0.05, 0) is 25.8 Å². The van der Waals surface area contributed by atoms with Gasteiger partial charge in [0.05, 0.1) is 17.9 Å². The van der Waals surface area contributed by atoms with E-state index in [0.717, 1.165) is 12.8 Å². The Morgan fingerprint density at radius 2 is 2.29 bits per heavy atom. The zero-order valence-electron chi connectivity index (χ0n) is 9.40. The van der Waals surface area contributed by atoms with Crippen LogP contribution in [0.5, 0.6) is 0 Å². The number of amides is 1. The van der Waals surface area contributed by atoms with E-state index in [-0.39, 0.29) is 6.04 Å². The quantitative estimate of drug-likeness (QED) is 0.624. The van der Waals surface area contributed by atoms with Crippen molar-refractivity contribution in [1.82, 2.24) is 5.32 Å². The average molecular weight is 232 g/mol. The summed E-state index contributed by atoms with van der Waals surface area (Å²) in [5.41, 5.74) is 0.294. The van der Waals surface area contributed by atoms with Crippen LogP contribution in [0.25, 0.3) is 0 Å². The Hall–Kier alpha value is -2.09. The van der Waals surface area contributed by atoms with Crippen molar-refractivity contribution >= 4 is 11.7 Å². The second-order valence-electron chi connectivity index (χ2n) is 4.10. The zero-order chi connectivity index (χ0) is 12.4. The molecule has 1 saturated carbocycles. The van der Waals surface area contributed by atoms with Crippen LogP contribution in [0.4, 0.5) is 0 Å². The summed E-state index contributed by atoms with van der Waals surface area (Å²) >= 11 is 0. The zero-order valence-corrected chi connectivity index (χ0v) is 9.40. The van der Waals surface area contributed by atoms with Gasteiger partial charge in [-0.2, -0.15) is 5.26 Å². The van der Waals surface area contributed by atoms with Gasteiger partial charge in [-0.1, -0.05) is 0 Å². The maximum atomic E-state index is 12.0. The summed E-state index contributed by atoms with van der Waals surface area (Å²) in [5, 5.41) is 11.6. The number of Topliss-reactive ketones (excluding diaryl/α,β-unsaturated/α-hetero) is 1. The van der Waals surface area contributed by atoms with Crippen LogP contribution < -0.4 is 5.32 Å². The lowest BCUT2D eigenvalue weighted by Crippen LogP contribution is -2.36. The molecule has 1 amide bonds. The second-order valence-corrected chi connectivity index (χ2v) is 4.10. The predicted octanol–water partition coefficient (Wildman–Crippen LogP) is 1.19. The van der Waals surface area contributed by atoms with Crippen LogP contribution in [0.15, 0.2) is 16.7 Å². The molecule has 1 aromatic rings. The second kappa shape index (κ2) is 4.42. The summed E-state index contributed by atoms with van der Waals surface area (Å²) in [6.07, 6.45) is 3.21. The highest BCUT2D eigenvalue weighted by atomic mass is 16.3. The van der Waals surface area contributed by atoms with Crippen molar-refractivity contribution in [3.63, 3.8) is 0 Å². The summed E-state index contributed by atoms with van der Waals surface area (Å²) < 4.78 is 4.99. The lowest BCUT2D eigenvalue weighted by atomic mass is 9.98. The van der Waals surface area contributed by atoms with Crippen LogP contribution >= 0.6 is 0 Å². The number of carbonyl (C=O) groups excluding carboxylic acids is 2. The molecule has 0 saturated heterocycles. The molecule has 1 aliphatic carbocycles. The molecule has 0 unspecified atom stereocenters. The molecule has 1 aromatic heterocycles. The highest BCUT2D eigenvalue weighted by Crippen LogP contribution is 2.20. The molecule has 17 heavy (non-hydrogen) atoms. The first-order valence-electron chi connectivity index (χ1n) is 5.41. The fraction of sp³-hybridized carbons (Fsp3) is 0.417. The highest BCUT2D eigenvalue weighted by Gasteiger charge is 2.33. The van der Waals surface area contributed by atoms with Gasteiger partial charge in [0.15, 0.2) is 11.7 Å². The molecule has 88 valence electrons. The molecular formula is C12H12N2O3. The van der Waals surface area contributed by atoms with Crippen LogP contribution in [-0.2, 0) is 4.79 Å². The summed E-state index contributed by atoms with van der Waals surface area (Å²) in [6, 6.07) is 3.36. The third-order valence-corrected chi connectivity index (χ3v) is 2.70. The third-order valence-electron chi connectivity index (χ3n) is 2.70. The fourth-order valence-corrected chi connectivity index (χ4v) is 1.54. The minimum atomic E-state index is -1.29. The van der Waals surface area contributed by atoms with E-state index in [4.69, 9.17) is 9.68 Å². The highest BCUT2D eigenvalue weighted by molar-refractivity contribution is 6.12. The first-order chi connectivity index (χ1) is 8.13. The van der Waals surface area contributed by atoms with E-state index in [0.29, 0.717) is 11.3 Å². The van der Waals surface area contributed by atoms with Crippen LogP contribution in [0, 0.1) is 24.2 Å². The Morgan fingerprint density at radius 3 is 2.76 bits per heavy atom. The Balaban J connectivity index is 2.13. The van der Waals surface area contributed by atoms with Crippen LogP contribution in [-0.4, -0.2) is 17.7 Å². The molecule has 1 aliphatic rings. The average Bonchev–Trinajstić information content (AvgIpc) is 2.99. The van der Waals surface area contributed by atoms with E-state index in [1.165, 1.54) is 12.3 Å². The number of rotatable bonds is 4. The molecule has 5 heteroatoms. The van der Waals surface area contributed by atoms with E-state index >= 15 is 0 Å². The summed E-state index contributed by atoms with van der Waals surface area (Å²) in [7, 11) is 0. The summed E-state index contributed by atoms with van der Waals surface area (Å²) in [5.74, 6) is -1.88. The molecule has 1 N–H and O–H groups in total. The van der Waals surface area contributed by atoms with Crippen molar-refractivity contribution in [1.29, 1.82) is 5.26 Å². The van der Waals surface area contributed by atoms with Gasteiger partial charge < -0.3 is 9.73 Å². The van der Waals surface area contributed by atoms with Crippen molar-refractivity contribution < 1.29 is 14.0 Å². The Bertz CT molecular complexity index is 494. The topological polar surface area (TPSA) is 83.1 Å². The summed E-state index contributed by atoms with van der Waals surface area (Å²) in [6.45, 7) is 1.63. The first-order valence-corrected chi connectivity index (χ1v) is 5.41. The monoisotopic (exact) mass is 232 g/mol. The molecule has 2 rings (SSSR count). The fourth-order valence-electron chi connectivity index (χ4n) is 1.54. The molecule has 1 heterocycles. The van der Waals surface area contributed by atoms with Gasteiger partial charge in [0.2, 0.25) is 5.91 Å². The van der Waals surface area contributed by atoms with Gasteiger partial charge in [0.25, 0.3) is 0 Å². The largest absolute Gasteiger partial charge is 0.469 e. The molecule has 0 aliphatic heterocycles. The molecule has 5 nitrogen and oxygen atoms in total. The molecule has 1 fully saturated rings. The molecule has 1 atom stereocenters. The molecule has 0 aromatic carbocycles. The van der Waals surface area contributed by atoms with Gasteiger partial charge in [0.1, 0.15) is 5.76 Å². The number of ketones is 1. The van der Waals surface area contributed by atoms with Gasteiger partial charge in [0, 0.05) is 6.04 Å². The number of aryl methyl sites for hydroxylation is 1. The van der Waals surface area contributed by atoms with Gasteiger partial charge in [-0.3, -0.25) is 9.59 Å². The molecule has 0 bridgehead atoms. The summed E-state index contributed by atoms with van der Waals surface area (Å²) in [4.78, 5) is 23.6. The van der Waals surface area contributed by atoms with Crippen molar-refractivity contribution in [2.24, 2.45) is 5.92 Å². The van der Waals surface area contributed by atoms with Crippen molar-refractivity contribution in [3.05, 3.63) is 23.7 Å². The first kappa shape index (κ1) is 11.4. The molecule has 0 radical (unpaired) electrons. The van der Waals surface area contributed by atoms with E-state index in [2.05, 4.69) is 5.32 Å². The van der Waals surface area contributed by atoms with Gasteiger partial charge >= 0.3 is 0 Å². The van der Waals surface area contributed by atoms with Crippen molar-refractivity contribution in [2.45, 2.75) is 25.8 Å². The third kappa shape index (κ3) is 2.36. The normalized spacial score (nSPS) is 16.0. The number of nitrogens with zero attached hydrogens (tertiary/aromatic N) is 1. The number of hydrogen-bond acceptors (Lipinski definition) is 4. The maximum Gasteiger partial charge on any atom is 0.245 e. The van der Waals surface area contributed by atoms with Gasteiger partial charge in [-0.15, -0.1) is 0 Å². The van der Waals surface area contributed by atoms with Crippen molar-refractivity contribution in [3.8, 4) is 6.07 Å². The number of nitriles is 1. The van der Waals surface area contributed by atoms with E-state index < -0.39 is 17.6 Å². The van der Waals surface area contributed by atoms with E-state index in [9.17, 15) is 9.59 Å². The molecular weight excluding hydrogens is 220 g/mol. The lowest BCUT2D eigenvalue weighted by molar-refractivity contribution is -0.122. The number of nitrogens with one attached hydrogen (secondary N) is 1. The van der Waals surface area contributed by atoms with E-state index in [1.807, 2.05) is 0 Å². The Kier molecular flexibility index (Phi) is 2.96. The molecule has 0 spiro atoms. The SMILES string of the molecule is Cc1occc1C(=O)[C@H](C#N)C(=O)NC1CC1. The smallest absolute Gasteiger partial charge is 0.245 e. The van der Waals surface area contributed by atoms with Crippen LogP contribution in [0.2, 0.25) is 0 Å². The minimum Gasteiger partial charge on any atom is -0.469 e. The van der Waals surface area contributed by atoms with E-state index in [1.54, 1.807) is 13.0 Å². The van der Waals surface area contributed by atoms with Crippen molar-refractivity contribution in [2.75, 3.05) is 0 Å². The number of carbonyl (C=O) groups is 2. The number of hydrogen-bond donors (Lipinski definition) is 1. The Labute approximate surface area is 98.4 Å². The maximum absolute atomic E-state index is 12.0. The minimum absolute atomic E-state index is 0.136. The number of furan rings is 1.